The van der Waals surface area contributed by atoms with Gasteiger partial charge in [0.1, 0.15) is 11.5 Å². The summed E-state index contributed by atoms with van der Waals surface area (Å²) in [5.74, 6) is -1.08. The van der Waals surface area contributed by atoms with E-state index in [-0.39, 0.29) is 22.8 Å². The molecule has 1 N–H and O–H groups in total. The molecule has 2 aromatic rings. The second-order valence-electron chi connectivity index (χ2n) is 5.50. The fraction of sp³-hybridized carbons (Fsp3) is 0.111. The number of hydrogen-bond donors (Lipinski definition) is 1. The Balaban J connectivity index is 1.86. The zero-order chi connectivity index (χ0) is 17.3. The van der Waals surface area contributed by atoms with Gasteiger partial charge in [-0.15, -0.1) is 0 Å². The predicted octanol–water partition coefficient (Wildman–Crippen LogP) is 3.88. The summed E-state index contributed by atoms with van der Waals surface area (Å²) in [6.45, 7) is 2.10. The molecule has 2 aromatic carbocycles. The van der Waals surface area contributed by atoms with E-state index in [1.54, 1.807) is 0 Å². The van der Waals surface area contributed by atoms with Gasteiger partial charge in [-0.3, -0.25) is 9.69 Å². The lowest BCUT2D eigenvalue weighted by Gasteiger charge is -2.11. The van der Waals surface area contributed by atoms with Crippen molar-refractivity contribution in [2.45, 2.75) is 13.5 Å². The summed E-state index contributed by atoms with van der Waals surface area (Å²) in [6, 6.07) is 11.2. The van der Waals surface area contributed by atoms with E-state index >= 15 is 0 Å². The minimum atomic E-state index is -0.561. The van der Waals surface area contributed by atoms with Gasteiger partial charge in [-0.2, -0.15) is 0 Å². The molecule has 3 rings (SSSR count). The molecule has 0 spiro atoms. The monoisotopic (exact) mass is 344 g/mol. The van der Waals surface area contributed by atoms with Crippen molar-refractivity contribution in [3.63, 3.8) is 0 Å². The molecule has 0 unspecified atom stereocenters. The van der Waals surface area contributed by atoms with E-state index in [4.69, 9.17) is 11.6 Å². The van der Waals surface area contributed by atoms with Gasteiger partial charge in [0.05, 0.1) is 11.6 Å². The van der Waals surface area contributed by atoms with E-state index in [0.717, 1.165) is 16.0 Å². The van der Waals surface area contributed by atoms with Gasteiger partial charge in [-0.1, -0.05) is 47.5 Å². The molecule has 3 amide bonds. The first-order chi connectivity index (χ1) is 11.5. The van der Waals surface area contributed by atoms with E-state index in [2.05, 4.69) is 5.32 Å². The highest BCUT2D eigenvalue weighted by Crippen LogP contribution is 2.24. The van der Waals surface area contributed by atoms with Crippen molar-refractivity contribution in [1.82, 2.24) is 10.2 Å². The van der Waals surface area contributed by atoms with Crippen molar-refractivity contribution in [3.05, 3.63) is 75.7 Å². The van der Waals surface area contributed by atoms with Crippen LogP contribution in [0.5, 0.6) is 0 Å². The van der Waals surface area contributed by atoms with E-state index in [9.17, 15) is 14.0 Å². The van der Waals surface area contributed by atoms with Crippen LogP contribution in [0.4, 0.5) is 9.18 Å². The number of nitrogens with one attached hydrogen (secondary N) is 1. The summed E-state index contributed by atoms with van der Waals surface area (Å²) in [5, 5.41) is 2.63. The quantitative estimate of drug-likeness (QED) is 0.678. The molecule has 6 heteroatoms. The van der Waals surface area contributed by atoms with Gasteiger partial charge in [-0.05, 0) is 30.7 Å². The number of hydrogen-bond acceptors (Lipinski definition) is 2. The summed E-state index contributed by atoms with van der Waals surface area (Å²) < 4.78 is 13.8. The first-order valence-electron chi connectivity index (χ1n) is 7.30. The van der Waals surface area contributed by atoms with Crippen molar-refractivity contribution < 1.29 is 14.0 Å². The molecule has 0 saturated carbocycles. The van der Waals surface area contributed by atoms with Crippen LogP contribution in [0.15, 0.2) is 48.2 Å². The number of imide groups is 1. The van der Waals surface area contributed by atoms with Gasteiger partial charge in [0.15, 0.2) is 0 Å². The summed E-state index contributed by atoms with van der Waals surface area (Å²) in [7, 11) is 0. The maximum Gasteiger partial charge on any atom is 0.329 e. The summed E-state index contributed by atoms with van der Waals surface area (Å²) >= 11 is 5.95. The Kier molecular flexibility index (Phi) is 4.36. The van der Waals surface area contributed by atoms with Gasteiger partial charge in [0, 0.05) is 5.56 Å². The average molecular weight is 345 g/mol. The van der Waals surface area contributed by atoms with Crippen LogP contribution in [-0.4, -0.2) is 16.8 Å². The second kappa shape index (κ2) is 6.45. The molecule has 1 aliphatic rings. The average Bonchev–Trinajstić information content (AvgIpc) is 2.80. The fourth-order valence-corrected chi connectivity index (χ4v) is 2.60. The second-order valence-corrected chi connectivity index (χ2v) is 5.91. The van der Waals surface area contributed by atoms with Crippen LogP contribution < -0.4 is 5.32 Å². The molecule has 4 nitrogen and oxygen atoms in total. The van der Waals surface area contributed by atoms with Crippen LogP contribution in [0.3, 0.4) is 0 Å². The molecular weight excluding hydrogens is 331 g/mol. The molecule has 122 valence electrons. The number of amides is 3. The van der Waals surface area contributed by atoms with Crippen LogP contribution in [-0.2, 0) is 11.3 Å². The number of benzene rings is 2. The standard InChI is InChI=1S/C18H14ClFN2O2/c1-11-5-7-12(8-6-11)10-22-17(23)16(21-18(22)24)9-13-14(19)3-2-4-15(13)20/h2-9H,10H2,1H3,(H,21,24)/b16-9+. The van der Waals surface area contributed by atoms with Crippen LogP contribution in [0.1, 0.15) is 16.7 Å². The van der Waals surface area contributed by atoms with Crippen LogP contribution >= 0.6 is 11.6 Å². The molecule has 1 aliphatic heterocycles. The van der Waals surface area contributed by atoms with E-state index in [1.807, 2.05) is 31.2 Å². The van der Waals surface area contributed by atoms with Crippen molar-refractivity contribution in [2.24, 2.45) is 0 Å². The Morgan fingerprint density at radius 1 is 1.17 bits per heavy atom. The maximum atomic E-state index is 13.8. The fourth-order valence-electron chi connectivity index (χ4n) is 2.38. The van der Waals surface area contributed by atoms with Gasteiger partial charge in [-0.25, -0.2) is 9.18 Å². The lowest BCUT2D eigenvalue weighted by molar-refractivity contribution is -0.123. The zero-order valence-electron chi connectivity index (χ0n) is 12.8. The maximum absolute atomic E-state index is 13.8. The predicted molar refractivity (Wildman–Crippen MR) is 89.6 cm³/mol. The minimum absolute atomic E-state index is 0.000823. The van der Waals surface area contributed by atoms with Crippen LogP contribution in [0.2, 0.25) is 5.02 Å². The third-order valence-corrected chi connectivity index (χ3v) is 4.04. The number of aryl methyl sites for hydroxylation is 1. The summed E-state index contributed by atoms with van der Waals surface area (Å²) in [6.07, 6.45) is 1.26. The molecule has 0 aliphatic carbocycles. The van der Waals surface area contributed by atoms with Crippen molar-refractivity contribution in [3.8, 4) is 0 Å². The van der Waals surface area contributed by atoms with Gasteiger partial charge in [0.25, 0.3) is 5.91 Å². The van der Waals surface area contributed by atoms with Gasteiger partial charge >= 0.3 is 6.03 Å². The topological polar surface area (TPSA) is 49.4 Å². The van der Waals surface area contributed by atoms with E-state index in [1.165, 1.54) is 24.3 Å². The lowest BCUT2D eigenvalue weighted by Crippen LogP contribution is -2.30. The van der Waals surface area contributed by atoms with Crippen molar-refractivity contribution in [1.29, 1.82) is 0 Å². The third kappa shape index (κ3) is 3.16. The molecule has 24 heavy (non-hydrogen) atoms. The SMILES string of the molecule is Cc1ccc(CN2C(=O)N/C(=C/c3c(F)cccc3Cl)C2=O)cc1. The molecule has 0 aromatic heterocycles. The van der Waals surface area contributed by atoms with Crippen LogP contribution in [0.25, 0.3) is 6.08 Å². The van der Waals surface area contributed by atoms with E-state index in [0.29, 0.717) is 0 Å². The highest BCUT2D eigenvalue weighted by atomic mass is 35.5. The molecule has 0 radical (unpaired) electrons. The van der Waals surface area contributed by atoms with Gasteiger partial charge < -0.3 is 5.32 Å². The zero-order valence-corrected chi connectivity index (χ0v) is 13.6. The van der Waals surface area contributed by atoms with Gasteiger partial charge in [0.2, 0.25) is 0 Å². The molecule has 1 heterocycles. The Bertz CT molecular complexity index is 826. The molecular formula is C18H14ClFN2O2. The molecule has 1 saturated heterocycles. The number of nitrogens with zero attached hydrogens (tertiary/aromatic N) is 1. The third-order valence-electron chi connectivity index (χ3n) is 3.71. The summed E-state index contributed by atoms with van der Waals surface area (Å²) in [4.78, 5) is 25.6. The Morgan fingerprint density at radius 2 is 1.88 bits per heavy atom. The first kappa shape index (κ1) is 16.2. The largest absolute Gasteiger partial charge is 0.329 e. The number of rotatable bonds is 3. The van der Waals surface area contributed by atoms with E-state index < -0.39 is 17.8 Å². The van der Waals surface area contributed by atoms with Crippen molar-refractivity contribution >= 4 is 29.6 Å². The normalized spacial score (nSPS) is 16.0. The Morgan fingerprint density at radius 3 is 2.54 bits per heavy atom. The lowest BCUT2D eigenvalue weighted by atomic mass is 10.1. The first-order valence-corrected chi connectivity index (χ1v) is 7.67. The highest BCUT2D eigenvalue weighted by Gasteiger charge is 2.33. The highest BCUT2D eigenvalue weighted by molar-refractivity contribution is 6.32. The Labute approximate surface area is 143 Å². The number of urea groups is 1. The number of halogens is 2. The van der Waals surface area contributed by atoms with Crippen LogP contribution in [0, 0.1) is 12.7 Å². The Hall–Kier alpha value is -2.66. The smallest absolute Gasteiger partial charge is 0.303 e. The number of carbonyl (C=O) groups excluding carboxylic acids is 2. The molecule has 1 fully saturated rings. The van der Waals surface area contributed by atoms with Crippen molar-refractivity contribution in [2.75, 3.05) is 0 Å². The summed E-state index contributed by atoms with van der Waals surface area (Å²) in [5.41, 5.74) is 1.99. The molecule has 0 bridgehead atoms. The minimum Gasteiger partial charge on any atom is -0.303 e. The molecule has 0 atom stereocenters. The number of carbonyl (C=O) groups is 2.